The van der Waals surface area contributed by atoms with Gasteiger partial charge in [0.1, 0.15) is 0 Å². The van der Waals surface area contributed by atoms with Crippen LogP contribution in [0.25, 0.3) is 55.6 Å². The van der Waals surface area contributed by atoms with Crippen LogP contribution in [-0.4, -0.2) is 0 Å². The van der Waals surface area contributed by atoms with Crippen molar-refractivity contribution in [3.63, 3.8) is 0 Å². The van der Waals surface area contributed by atoms with E-state index in [1.54, 1.807) is 0 Å². The van der Waals surface area contributed by atoms with Crippen molar-refractivity contribution in [1.29, 1.82) is 0 Å². The fourth-order valence-electron chi connectivity index (χ4n) is 12.6. The van der Waals surface area contributed by atoms with E-state index in [1.807, 2.05) is 0 Å². The number of benzene rings is 11. The van der Waals surface area contributed by atoms with Crippen LogP contribution in [0.2, 0.25) is 0 Å². The van der Waals surface area contributed by atoms with E-state index in [2.05, 4.69) is 278 Å². The van der Waals surface area contributed by atoms with Gasteiger partial charge in [-0.2, -0.15) is 0 Å². The van der Waals surface area contributed by atoms with E-state index in [0.29, 0.717) is 0 Å². The Hall–Kier alpha value is -8.78. The van der Waals surface area contributed by atoms with Gasteiger partial charge in [-0.25, -0.2) is 0 Å². The number of fused-ring (bicyclic) bond motifs is 16. The molecule has 69 heavy (non-hydrogen) atoms. The van der Waals surface area contributed by atoms with Crippen LogP contribution in [0.4, 0.5) is 17.1 Å². The first-order chi connectivity index (χ1) is 34.2. The maximum atomic E-state index is 2.53. The second-order valence-corrected chi connectivity index (χ2v) is 18.7. The molecule has 0 aliphatic heterocycles. The van der Waals surface area contributed by atoms with Crippen LogP contribution < -0.4 is 4.90 Å². The first kappa shape index (κ1) is 39.4. The maximum Gasteiger partial charge on any atom is 0.0720 e. The minimum atomic E-state index is -0.620. The van der Waals surface area contributed by atoms with E-state index in [1.165, 1.54) is 100 Å². The van der Waals surface area contributed by atoms with Crippen molar-refractivity contribution in [1.82, 2.24) is 0 Å². The molecule has 0 amide bonds. The number of anilines is 3. The average Bonchev–Trinajstić information content (AvgIpc) is 3.89. The van der Waals surface area contributed by atoms with Crippen LogP contribution in [0.5, 0.6) is 0 Å². The summed E-state index contributed by atoms with van der Waals surface area (Å²) in [6.45, 7) is 0. The van der Waals surface area contributed by atoms with Gasteiger partial charge in [0.2, 0.25) is 0 Å². The Kier molecular flexibility index (Phi) is 8.78. The van der Waals surface area contributed by atoms with Crippen molar-refractivity contribution in [2.45, 2.75) is 10.8 Å². The van der Waals surface area contributed by atoms with Crippen molar-refractivity contribution in [3.8, 4) is 55.6 Å². The molecule has 1 heteroatoms. The molecule has 2 spiro atoms. The lowest BCUT2D eigenvalue weighted by atomic mass is 9.52. The summed E-state index contributed by atoms with van der Waals surface area (Å²) in [5, 5.41) is 0. The Morgan fingerprint density at radius 3 is 0.986 bits per heavy atom. The fourth-order valence-corrected chi connectivity index (χ4v) is 12.6. The van der Waals surface area contributed by atoms with E-state index >= 15 is 0 Å². The van der Waals surface area contributed by atoms with Crippen LogP contribution in [0, 0.1) is 0 Å². The van der Waals surface area contributed by atoms with Crippen molar-refractivity contribution in [2.24, 2.45) is 0 Å². The first-order valence-electron chi connectivity index (χ1n) is 24.1. The highest BCUT2D eigenvalue weighted by Gasteiger charge is 2.58. The first-order valence-corrected chi connectivity index (χ1v) is 24.1. The largest absolute Gasteiger partial charge is 0.310 e. The second kappa shape index (κ2) is 15.4. The van der Waals surface area contributed by atoms with E-state index < -0.39 is 10.8 Å². The van der Waals surface area contributed by atoms with Crippen LogP contribution >= 0.6 is 0 Å². The lowest BCUT2D eigenvalue weighted by Gasteiger charge is -2.49. The predicted molar refractivity (Wildman–Crippen MR) is 286 cm³/mol. The van der Waals surface area contributed by atoms with E-state index in [0.717, 1.165) is 17.1 Å². The summed E-state index contributed by atoms with van der Waals surface area (Å²) in [5.74, 6) is 0. The molecule has 11 aromatic rings. The lowest BCUT2D eigenvalue weighted by molar-refractivity contribution is 0.633. The lowest BCUT2D eigenvalue weighted by Crippen LogP contribution is -2.43. The Morgan fingerprint density at radius 1 is 0.188 bits per heavy atom. The minimum absolute atomic E-state index is 0.503. The van der Waals surface area contributed by atoms with Gasteiger partial charge < -0.3 is 4.90 Å². The SMILES string of the molecule is c1ccc(-c2cccc(N(c3cc(-c4ccccc4)cc(-c4ccccc4)c3)c3ccc4c(c3)C3(c5ccccc5-4)c4ccccc4C4(c5ccccc5-c5ccccc54)c4ccccc43)c2)cc1. The highest BCUT2D eigenvalue weighted by Crippen LogP contribution is 2.67. The third-order valence-corrected chi connectivity index (χ3v) is 15.3. The Bertz CT molecular complexity index is 3640. The molecule has 1 nitrogen and oxygen atoms in total. The Labute approximate surface area is 403 Å². The van der Waals surface area contributed by atoms with E-state index in [-0.39, 0.29) is 0 Å². The van der Waals surface area contributed by atoms with Gasteiger partial charge in [-0.15, -0.1) is 0 Å². The highest BCUT2D eigenvalue weighted by molar-refractivity contribution is 5.95. The number of nitrogens with zero attached hydrogens (tertiary/aromatic N) is 1. The molecule has 0 bridgehead atoms. The van der Waals surface area contributed by atoms with Crippen molar-refractivity contribution >= 4 is 17.1 Å². The molecule has 3 aliphatic rings. The van der Waals surface area contributed by atoms with Gasteiger partial charge in [0, 0.05) is 17.1 Å². The van der Waals surface area contributed by atoms with Crippen molar-refractivity contribution < 1.29 is 0 Å². The summed E-state index contributed by atoms with van der Waals surface area (Å²) in [4.78, 5) is 2.49. The van der Waals surface area contributed by atoms with Crippen LogP contribution in [0.3, 0.4) is 0 Å². The molecule has 0 unspecified atom stereocenters. The third-order valence-electron chi connectivity index (χ3n) is 15.3. The summed E-state index contributed by atoms with van der Waals surface area (Å²) in [6, 6.07) is 102. The summed E-state index contributed by atoms with van der Waals surface area (Å²) >= 11 is 0. The molecule has 0 aromatic heterocycles. The number of hydrogen-bond acceptors (Lipinski definition) is 1. The number of hydrogen-bond donors (Lipinski definition) is 0. The van der Waals surface area contributed by atoms with Gasteiger partial charge in [0.25, 0.3) is 0 Å². The van der Waals surface area contributed by atoms with Crippen LogP contribution in [-0.2, 0) is 10.8 Å². The predicted octanol–water partition coefficient (Wildman–Crippen LogP) is 17.2. The molecule has 3 aliphatic carbocycles. The number of rotatable bonds is 6. The van der Waals surface area contributed by atoms with E-state index in [4.69, 9.17) is 0 Å². The van der Waals surface area contributed by atoms with Gasteiger partial charge in [0.05, 0.1) is 10.8 Å². The highest BCUT2D eigenvalue weighted by atomic mass is 15.1. The van der Waals surface area contributed by atoms with Crippen molar-refractivity contribution in [3.05, 3.63) is 317 Å². The summed E-state index contributed by atoms with van der Waals surface area (Å²) in [6.07, 6.45) is 0. The van der Waals surface area contributed by atoms with Gasteiger partial charge in [-0.1, -0.05) is 231 Å². The van der Waals surface area contributed by atoms with Crippen molar-refractivity contribution in [2.75, 3.05) is 4.90 Å². The molecule has 0 heterocycles. The summed E-state index contributed by atoms with van der Waals surface area (Å²) in [5.41, 5.74) is 25.0. The van der Waals surface area contributed by atoms with Gasteiger partial charge in [0.15, 0.2) is 0 Å². The van der Waals surface area contributed by atoms with Gasteiger partial charge in [-0.05, 0) is 143 Å². The Balaban J connectivity index is 1.07. The van der Waals surface area contributed by atoms with E-state index in [9.17, 15) is 0 Å². The minimum Gasteiger partial charge on any atom is -0.310 e. The maximum absolute atomic E-state index is 2.53. The molecular weight excluding hydrogens is 831 g/mol. The summed E-state index contributed by atoms with van der Waals surface area (Å²) < 4.78 is 0. The normalized spacial score (nSPS) is 13.7. The van der Waals surface area contributed by atoms with Crippen LogP contribution in [0.15, 0.2) is 273 Å². The zero-order valence-corrected chi connectivity index (χ0v) is 37.9. The molecule has 0 N–H and O–H groups in total. The molecule has 11 aromatic carbocycles. The summed E-state index contributed by atoms with van der Waals surface area (Å²) in [7, 11) is 0. The third kappa shape index (κ3) is 5.65. The zero-order chi connectivity index (χ0) is 45.5. The van der Waals surface area contributed by atoms with Gasteiger partial charge >= 0.3 is 0 Å². The quantitative estimate of drug-likeness (QED) is 0.161. The Morgan fingerprint density at radius 2 is 0.522 bits per heavy atom. The monoisotopic (exact) mass is 875 g/mol. The standard InChI is InChI=1S/C68H45N/c1-4-21-46(22-5-1)49-27-20-28-52(42-49)69(54-43-50(47-23-6-2-7-24-47)41-51(44-54)48-25-8-3-9-26-48)53-39-40-58-57-31-12-15-34-61(57)68(66(58)45-53)64-37-18-16-35-62(64)67(63-36-17-19-38-65(63)68)59-32-13-10-29-55(59)56-30-11-14-33-60(56)67/h1-45H. The topological polar surface area (TPSA) is 3.24 Å². The molecule has 0 saturated heterocycles. The average molecular weight is 876 g/mol. The smallest absolute Gasteiger partial charge is 0.0720 e. The molecule has 14 rings (SSSR count). The molecule has 0 radical (unpaired) electrons. The molecule has 0 saturated carbocycles. The van der Waals surface area contributed by atoms with Crippen LogP contribution in [0.1, 0.15) is 44.5 Å². The van der Waals surface area contributed by atoms with Gasteiger partial charge in [-0.3, -0.25) is 0 Å². The molecule has 0 atom stereocenters. The fraction of sp³-hybridized carbons (Fsp3) is 0.0294. The molecule has 322 valence electrons. The second-order valence-electron chi connectivity index (χ2n) is 18.7. The molecule has 0 fully saturated rings. The molecular formula is C68H45N. The zero-order valence-electron chi connectivity index (χ0n) is 37.9.